The van der Waals surface area contributed by atoms with Crippen molar-refractivity contribution in [2.75, 3.05) is 14.2 Å². The van der Waals surface area contributed by atoms with E-state index in [1.807, 2.05) is 26.0 Å². The fourth-order valence-corrected chi connectivity index (χ4v) is 4.98. The number of pyridine rings is 2. The van der Waals surface area contributed by atoms with Crippen molar-refractivity contribution in [2.24, 2.45) is 0 Å². The highest BCUT2D eigenvalue weighted by Gasteiger charge is 2.52. The third-order valence-electron chi connectivity index (χ3n) is 6.57. The van der Waals surface area contributed by atoms with Crippen molar-refractivity contribution in [2.45, 2.75) is 52.2 Å². The summed E-state index contributed by atoms with van der Waals surface area (Å²) in [5, 5.41) is 24.3. The first-order valence-electron chi connectivity index (χ1n) is 11.6. The number of rotatable bonds is 5. The number of cyclic esters (lactones) is 1. The lowest BCUT2D eigenvalue weighted by atomic mass is 9.84. The van der Waals surface area contributed by atoms with Gasteiger partial charge in [-0.3, -0.25) is 19.5 Å². The number of aromatic nitrogens is 2. The summed E-state index contributed by atoms with van der Waals surface area (Å²) in [7, 11) is 2.94. The molecule has 2 aliphatic heterocycles. The van der Waals surface area contributed by atoms with Crippen LogP contribution in [0.5, 0.6) is 0 Å². The van der Waals surface area contributed by atoms with Crippen LogP contribution in [0.15, 0.2) is 29.1 Å². The number of hydrogen-bond donors (Lipinski definition) is 1. The maximum absolute atomic E-state index is 13.5. The van der Waals surface area contributed by atoms with Crippen molar-refractivity contribution in [3.8, 4) is 11.4 Å². The van der Waals surface area contributed by atoms with E-state index < -0.39 is 40.6 Å². The monoisotopic (exact) mass is 497 g/mol. The van der Waals surface area contributed by atoms with Crippen LogP contribution in [0, 0.1) is 10.1 Å². The number of aliphatic hydroxyl groups is 1. The molecule has 1 unspecified atom stereocenters. The molecular formula is C25H27N3O8. The van der Waals surface area contributed by atoms with Gasteiger partial charge in [0.25, 0.3) is 5.56 Å². The third-order valence-corrected chi connectivity index (χ3v) is 6.57. The van der Waals surface area contributed by atoms with Crippen LogP contribution < -0.4 is 5.56 Å². The molecule has 1 atom stereocenters. The van der Waals surface area contributed by atoms with Crippen LogP contribution in [0.3, 0.4) is 0 Å². The average Bonchev–Trinajstić information content (AvgIpc) is 3.27. The topological polar surface area (TPSA) is 143 Å². The molecule has 0 saturated carbocycles. The zero-order chi connectivity index (χ0) is 26.4. The Labute approximate surface area is 206 Å². The van der Waals surface area contributed by atoms with Crippen LogP contribution in [0.4, 0.5) is 5.69 Å². The zero-order valence-electron chi connectivity index (χ0n) is 20.7. The Kier molecular flexibility index (Phi) is 6.65. The summed E-state index contributed by atoms with van der Waals surface area (Å²) in [6.07, 6.45) is -1.03. The zero-order valence-corrected chi connectivity index (χ0v) is 20.7. The molecule has 3 aromatic rings. The number of nitro groups is 1. The van der Waals surface area contributed by atoms with Gasteiger partial charge in [-0.25, -0.2) is 9.78 Å². The molecule has 0 aliphatic carbocycles. The van der Waals surface area contributed by atoms with Gasteiger partial charge in [0, 0.05) is 30.7 Å². The van der Waals surface area contributed by atoms with E-state index >= 15 is 0 Å². The van der Waals surface area contributed by atoms with E-state index in [0.29, 0.717) is 22.0 Å². The maximum Gasteiger partial charge on any atom is 0.343 e. The van der Waals surface area contributed by atoms with E-state index in [0.717, 1.165) is 0 Å². The Morgan fingerprint density at radius 2 is 1.89 bits per heavy atom. The molecule has 5 rings (SSSR count). The summed E-state index contributed by atoms with van der Waals surface area (Å²) in [4.78, 5) is 42.4. The van der Waals surface area contributed by atoms with Crippen LogP contribution >= 0.6 is 0 Å². The number of esters is 1. The van der Waals surface area contributed by atoms with Crippen molar-refractivity contribution in [1.82, 2.24) is 9.55 Å². The van der Waals surface area contributed by atoms with Crippen molar-refractivity contribution in [3.63, 3.8) is 0 Å². The molecule has 0 spiro atoms. The smallest absolute Gasteiger partial charge is 0.343 e. The summed E-state index contributed by atoms with van der Waals surface area (Å²) in [6, 6.07) is 7.17. The summed E-state index contributed by atoms with van der Waals surface area (Å²) in [5.74, 6) is -1.03. The van der Waals surface area contributed by atoms with E-state index in [9.17, 15) is 24.8 Å². The number of methoxy groups -OCH3 is 2. The predicted molar refractivity (Wildman–Crippen MR) is 129 cm³/mol. The SMILES string of the molecule is CC.CCC1(O)C(=O)OCc2c1c([N+](=O)[O-])c1n(c2=O)Cc2c-1nc1ccccc1c2C(OC)OC. The van der Waals surface area contributed by atoms with Crippen LogP contribution in [0.2, 0.25) is 0 Å². The van der Waals surface area contributed by atoms with E-state index in [1.165, 1.54) is 25.7 Å². The number of hydrogen-bond acceptors (Lipinski definition) is 9. The quantitative estimate of drug-likeness (QED) is 0.190. The highest BCUT2D eigenvalue weighted by atomic mass is 16.7. The van der Waals surface area contributed by atoms with E-state index in [-0.39, 0.29) is 35.5 Å². The lowest BCUT2D eigenvalue weighted by Gasteiger charge is -2.31. The number of nitrogens with zero attached hydrogens (tertiary/aromatic N) is 3. The summed E-state index contributed by atoms with van der Waals surface area (Å²) < 4.78 is 17.3. The van der Waals surface area contributed by atoms with Crippen LogP contribution in [-0.4, -0.2) is 39.8 Å². The van der Waals surface area contributed by atoms with Gasteiger partial charge in [-0.15, -0.1) is 0 Å². The standard InChI is InChI=1S/C23H21N3O8.C2H6/c1-4-23(29)16-13(10-34-22(23)28)20(27)25-9-12-15(21(32-2)33-3)11-7-5-6-8-14(11)24-17(12)19(25)18(16)26(30)31;1-2/h5-8,21,29H,4,9-10H2,1-3H3;1-2H3. The first kappa shape index (κ1) is 25.4. The largest absolute Gasteiger partial charge is 0.458 e. The van der Waals surface area contributed by atoms with Crippen LogP contribution in [-0.2, 0) is 37.8 Å². The lowest BCUT2D eigenvalue weighted by molar-refractivity contribution is -0.386. The van der Waals surface area contributed by atoms with Crippen molar-refractivity contribution >= 4 is 22.6 Å². The van der Waals surface area contributed by atoms with Gasteiger partial charge in [-0.05, 0) is 12.5 Å². The minimum absolute atomic E-state index is 0.0213. The van der Waals surface area contributed by atoms with Crippen molar-refractivity contribution in [3.05, 3.63) is 67.0 Å². The number of para-hydroxylation sites is 1. The van der Waals surface area contributed by atoms with Crippen molar-refractivity contribution in [1.29, 1.82) is 0 Å². The Morgan fingerprint density at radius 3 is 2.50 bits per heavy atom. The number of carbonyl (C=O) groups excluding carboxylic acids is 1. The summed E-state index contributed by atoms with van der Waals surface area (Å²) in [6.45, 7) is 5.00. The fraction of sp³-hybridized carbons (Fsp3) is 0.400. The minimum Gasteiger partial charge on any atom is -0.458 e. The molecule has 4 heterocycles. The van der Waals surface area contributed by atoms with E-state index in [2.05, 4.69) is 4.98 Å². The van der Waals surface area contributed by atoms with Gasteiger partial charge in [0.05, 0.1) is 28.1 Å². The molecule has 0 saturated heterocycles. The molecule has 2 aliphatic rings. The summed E-state index contributed by atoms with van der Waals surface area (Å²) in [5.41, 5.74) is -2.10. The molecular weight excluding hydrogens is 470 g/mol. The first-order valence-corrected chi connectivity index (χ1v) is 11.6. The molecule has 190 valence electrons. The second kappa shape index (κ2) is 9.41. The molecule has 0 fully saturated rings. The van der Waals surface area contributed by atoms with Gasteiger partial charge in [0.2, 0.25) is 0 Å². The molecule has 0 radical (unpaired) electrons. The second-order valence-corrected chi connectivity index (χ2v) is 8.16. The van der Waals surface area contributed by atoms with Gasteiger partial charge in [0.15, 0.2) is 11.9 Å². The van der Waals surface area contributed by atoms with E-state index in [1.54, 1.807) is 12.1 Å². The number of fused-ring (bicyclic) bond motifs is 5. The molecule has 36 heavy (non-hydrogen) atoms. The molecule has 2 aromatic heterocycles. The fourth-order valence-electron chi connectivity index (χ4n) is 4.98. The Balaban J connectivity index is 0.00000148. The molecule has 1 aromatic carbocycles. The minimum atomic E-state index is -2.32. The lowest BCUT2D eigenvalue weighted by Crippen LogP contribution is -2.45. The molecule has 0 amide bonds. The average molecular weight is 498 g/mol. The number of carbonyl (C=O) groups is 1. The Morgan fingerprint density at radius 1 is 1.22 bits per heavy atom. The maximum atomic E-state index is 13.5. The predicted octanol–water partition coefficient (Wildman–Crippen LogP) is 3.31. The molecule has 1 N–H and O–H groups in total. The van der Waals surface area contributed by atoms with E-state index in [4.69, 9.17) is 14.2 Å². The second-order valence-electron chi connectivity index (χ2n) is 8.16. The third kappa shape index (κ3) is 3.42. The van der Waals surface area contributed by atoms with Crippen molar-refractivity contribution < 1.29 is 29.0 Å². The van der Waals surface area contributed by atoms with Gasteiger partial charge in [-0.1, -0.05) is 39.0 Å². The van der Waals surface area contributed by atoms with Gasteiger partial charge in [0.1, 0.15) is 18.0 Å². The number of benzene rings is 1. The van der Waals surface area contributed by atoms with Gasteiger partial charge < -0.3 is 19.3 Å². The van der Waals surface area contributed by atoms with Crippen LogP contribution in [0.25, 0.3) is 22.3 Å². The Hall–Kier alpha value is -3.67. The molecule has 0 bridgehead atoms. The van der Waals surface area contributed by atoms with Crippen LogP contribution in [0.1, 0.15) is 55.7 Å². The normalized spacial score (nSPS) is 17.7. The highest BCUT2D eigenvalue weighted by Crippen LogP contribution is 2.48. The summed E-state index contributed by atoms with van der Waals surface area (Å²) >= 11 is 0. The van der Waals surface area contributed by atoms with Gasteiger partial charge >= 0.3 is 11.7 Å². The van der Waals surface area contributed by atoms with Gasteiger partial charge in [-0.2, -0.15) is 0 Å². The molecule has 11 nitrogen and oxygen atoms in total. The first-order chi connectivity index (χ1) is 17.3. The Bertz CT molecular complexity index is 1440. The molecule has 11 heteroatoms. The number of ether oxygens (including phenoxy) is 3. The highest BCUT2D eigenvalue weighted by molar-refractivity contribution is 5.92.